The van der Waals surface area contributed by atoms with E-state index in [1.165, 1.54) is 24.3 Å². The average molecular weight is 314 g/mol. The van der Waals surface area contributed by atoms with Crippen LogP contribution in [0.15, 0.2) is 64.7 Å². The summed E-state index contributed by atoms with van der Waals surface area (Å²) < 4.78 is 32.5. The molecule has 3 rings (SSSR count). The van der Waals surface area contributed by atoms with Crippen molar-refractivity contribution in [3.63, 3.8) is 0 Å². The van der Waals surface area contributed by atoms with Crippen LogP contribution in [0.1, 0.15) is 5.56 Å². The molecule has 0 saturated carbocycles. The fraction of sp³-hybridized carbons (Fsp3) is 0. The van der Waals surface area contributed by atoms with Crippen molar-refractivity contribution in [3.05, 3.63) is 60.3 Å². The predicted molar refractivity (Wildman–Crippen MR) is 83.9 cm³/mol. The fourth-order valence-corrected chi connectivity index (χ4v) is 2.54. The highest BCUT2D eigenvalue weighted by molar-refractivity contribution is 7.85. The van der Waals surface area contributed by atoms with Gasteiger partial charge in [0.1, 0.15) is 10.1 Å². The number of rotatable bonds is 4. The van der Waals surface area contributed by atoms with Gasteiger partial charge in [-0.2, -0.15) is 5.10 Å². The van der Waals surface area contributed by atoms with Crippen LogP contribution < -0.4 is 5.43 Å². The molecule has 0 radical (unpaired) electrons. The van der Waals surface area contributed by atoms with E-state index in [9.17, 15) is 13.0 Å². The molecule has 0 aliphatic carbocycles. The van der Waals surface area contributed by atoms with E-state index >= 15 is 0 Å². The molecule has 0 unspecified atom stereocenters. The topological polar surface area (TPSA) is 97.4 Å². The van der Waals surface area contributed by atoms with Crippen molar-refractivity contribution in [1.82, 2.24) is 4.98 Å². The molecule has 2 aromatic carbocycles. The Hall–Kier alpha value is -2.64. The molecule has 1 aromatic heterocycles. The molecule has 0 aliphatic heterocycles. The average Bonchev–Trinajstić information content (AvgIpc) is 2.90. The van der Waals surface area contributed by atoms with Crippen LogP contribution in [0.2, 0.25) is 0 Å². The first-order chi connectivity index (χ1) is 10.5. The zero-order valence-corrected chi connectivity index (χ0v) is 12.2. The number of H-pyrrole nitrogens is 1. The number of para-hydroxylation sites is 1. The second-order valence-electron chi connectivity index (χ2n) is 4.64. The minimum Gasteiger partial charge on any atom is -0.744 e. The summed E-state index contributed by atoms with van der Waals surface area (Å²) in [7, 11) is -4.42. The third kappa shape index (κ3) is 3.00. The van der Waals surface area contributed by atoms with Crippen LogP contribution in [0.25, 0.3) is 10.9 Å². The van der Waals surface area contributed by atoms with E-state index in [2.05, 4.69) is 15.5 Å². The summed E-state index contributed by atoms with van der Waals surface area (Å²) in [6.45, 7) is 0. The standard InChI is InChI=1S/C15H13N3O3S/c19-22(20,21)13-7-5-12(6-8-13)18-17-10-11-9-16-15-4-2-1-3-14(11)15/h1-10,16,18H,(H,19,20,21)/p-1. The number of hydrogen-bond donors (Lipinski definition) is 2. The van der Waals surface area contributed by atoms with Gasteiger partial charge in [-0.1, -0.05) is 18.2 Å². The van der Waals surface area contributed by atoms with Gasteiger partial charge in [-0.25, -0.2) is 8.42 Å². The molecule has 0 saturated heterocycles. The number of aromatic amines is 1. The van der Waals surface area contributed by atoms with Crippen molar-refractivity contribution in [2.24, 2.45) is 5.10 Å². The van der Waals surface area contributed by atoms with Crippen LogP contribution in [-0.2, 0) is 10.1 Å². The van der Waals surface area contributed by atoms with Gasteiger partial charge in [0, 0.05) is 22.7 Å². The third-order valence-corrected chi connectivity index (χ3v) is 4.01. The number of fused-ring (bicyclic) bond motifs is 1. The molecule has 0 fully saturated rings. The van der Waals surface area contributed by atoms with Crippen LogP contribution in [-0.4, -0.2) is 24.2 Å². The van der Waals surface area contributed by atoms with Crippen molar-refractivity contribution >= 4 is 32.9 Å². The summed E-state index contributed by atoms with van der Waals surface area (Å²) in [5.41, 5.74) is 5.33. The smallest absolute Gasteiger partial charge is 0.124 e. The Balaban J connectivity index is 1.75. The van der Waals surface area contributed by atoms with Gasteiger partial charge in [0.05, 0.1) is 16.8 Å². The van der Waals surface area contributed by atoms with E-state index in [-0.39, 0.29) is 4.90 Å². The Kier molecular flexibility index (Phi) is 3.66. The Labute approximate surface area is 127 Å². The second kappa shape index (κ2) is 5.63. The third-order valence-electron chi connectivity index (χ3n) is 3.16. The minimum absolute atomic E-state index is 0.265. The van der Waals surface area contributed by atoms with Crippen LogP contribution in [0.5, 0.6) is 0 Å². The number of hydrazone groups is 1. The molecule has 0 spiro atoms. The number of hydrogen-bond acceptors (Lipinski definition) is 5. The van der Waals surface area contributed by atoms with Gasteiger partial charge in [-0.15, -0.1) is 0 Å². The van der Waals surface area contributed by atoms with E-state index in [0.29, 0.717) is 5.69 Å². The molecule has 3 aromatic rings. The largest absolute Gasteiger partial charge is 0.744 e. The molecule has 0 amide bonds. The Morgan fingerprint density at radius 3 is 2.55 bits per heavy atom. The summed E-state index contributed by atoms with van der Waals surface area (Å²) in [6.07, 6.45) is 3.51. The maximum Gasteiger partial charge on any atom is 0.124 e. The summed E-state index contributed by atoms with van der Waals surface area (Å²) in [4.78, 5) is 2.88. The molecule has 0 atom stereocenters. The molecule has 2 N–H and O–H groups in total. The number of aromatic nitrogens is 1. The summed E-state index contributed by atoms with van der Waals surface area (Å²) in [5.74, 6) is 0. The Bertz CT molecular complexity index is 928. The molecular weight excluding hydrogens is 302 g/mol. The number of nitrogens with one attached hydrogen (secondary N) is 2. The minimum atomic E-state index is -4.42. The SMILES string of the molecule is O=S(=O)([O-])c1ccc(NN=Cc2c[nH]c3ccccc23)cc1. The van der Waals surface area contributed by atoms with Crippen LogP contribution >= 0.6 is 0 Å². The first-order valence-corrected chi connectivity index (χ1v) is 7.86. The quantitative estimate of drug-likeness (QED) is 0.439. The van der Waals surface area contributed by atoms with Gasteiger partial charge in [0.25, 0.3) is 0 Å². The monoisotopic (exact) mass is 314 g/mol. The molecule has 22 heavy (non-hydrogen) atoms. The number of nitrogens with zero attached hydrogens (tertiary/aromatic N) is 1. The van der Waals surface area contributed by atoms with Crippen LogP contribution in [0.4, 0.5) is 5.69 Å². The molecule has 6 nitrogen and oxygen atoms in total. The van der Waals surface area contributed by atoms with Gasteiger partial charge in [-0.05, 0) is 30.3 Å². The van der Waals surface area contributed by atoms with Crippen molar-refractivity contribution in [3.8, 4) is 0 Å². The first-order valence-electron chi connectivity index (χ1n) is 6.45. The molecule has 1 heterocycles. The zero-order chi connectivity index (χ0) is 15.6. The Morgan fingerprint density at radius 1 is 1.09 bits per heavy atom. The lowest BCUT2D eigenvalue weighted by Gasteiger charge is -2.07. The van der Waals surface area contributed by atoms with Gasteiger partial charge >= 0.3 is 0 Å². The van der Waals surface area contributed by atoms with Gasteiger partial charge in [0.2, 0.25) is 0 Å². The molecule has 7 heteroatoms. The molecule has 0 aliphatic rings. The van der Waals surface area contributed by atoms with Crippen molar-refractivity contribution in [2.45, 2.75) is 4.90 Å². The van der Waals surface area contributed by atoms with E-state index in [1.54, 1.807) is 6.21 Å². The van der Waals surface area contributed by atoms with E-state index in [1.807, 2.05) is 30.5 Å². The fourth-order valence-electron chi connectivity index (χ4n) is 2.07. The number of benzene rings is 2. The first kappa shape index (κ1) is 14.3. The maximum atomic E-state index is 10.8. The number of anilines is 1. The summed E-state index contributed by atoms with van der Waals surface area (Å²) in [6, 6.07) is 13.3. The lowest BCUT2D eigenvalue weighted by Crippen LogP contribution is -1.98. The highest BCUT2D eigenvalue weighted by atomic mass is 32.2. The van der Waals surface area contributed by atoms with Crippen LogP contribution in [0.3, 0.4) is 0 Å². The zero-order valence-electron chi connectivity index (χ0n) is 11.4. The Morgan fingerprint density at radius 2 is 1.82 bits per heavy atom. The highest BCUT2D eigenvalue weighted by Gasteiger charge is 2.01. The van der Waals surface area contributed by atoms with E-state index in [0.717, 1.165) is 16.5 Å². The van der Waals surface area contributed by atoms with Crippen molar-refractivity contribution in [1.29, 1.82) is 0 Å². The highest BCUT2D eigenvalue weighted by Crippen LogP contribution is 2.16. The van der Waals surface area contributed by atoms with Gasteiger partial charge < -0.3 is 9.54 Å². The van der Waals surface area contributed by atoms with E-state index < -0.39 is 10.1 Å². The maximum absolute atomic E-state index is 10.8. The molecule has 112 valence electrons. The summed E-state index contributed by atoms with van der Waals surface area (Å²) >= 11 is 0. The van der Waals surface area contributed by atoms with Gasteiger partial charge in [-0.3, -0.25) is 5.43 Å². The molecule has 0 bridgehead atoms. The van der Waals surface area contributed by atoms with Crippen molar-refractivity contribution < 1.29 is 13.0 Å². The lowest BCUT2D eigenvalue weighted by atomic mass is 10.2. The van der Waals surface area contributed by atoms with Crippen LogP contribution in [0, 0.1) is 0 Å². The predicted octanol–water partition coefficient (Wildman–Crippen LogP) is 2.52. The molecular formula is C15H12N3O3S-. The van der Waals surface area contributed by atoms with Gasteiger partial charge in [0.15, 0.2) is 0 Å². The van der Waals surface area contributed by atoms with Crippen molar-refractivity contribution in [2.75, 3.05) is 5.43 Å². The second-order valence-corrected chi connectivity index (χ2v) is 6.02. The summed E-state index contributed by atoms with van der Waals surface area (Å²) in [5, 5.41) is 5.16. The van der Waals surface area contributed by atoms with E-state index in [4.69, 9.17) is 0 Å². The lowest BCUT2D eigenvalue weighted by molar-refractivity contribution is 0.463. The normalized spacial score (nSPS) is 12.0.